The SMILES string of the molecule is CN1C(=S)N(c2ccccc2)[C@](C)(O)CC1(C)C. The van der Waals surface area contributed by atoms with Crippen LogP contribution in [0.3, 0.4) is 0 Å². The summed E-state index contributed by atoms with van der Waals surface area (Å²) >= 11 is 5.52. The molecule has 1 aromatic carbocycles. The Morgan fingerprint density at radius 2 is 1.72 bits per heavy atom. The second-order valence-corrected chi connectivity index (χ2v) is 6.08. The van der Waals surface area contributed by atoms with Crippen LogP contribution in [-0.4, -0.2) is 33.4 Å². The van der Waals surface area contributed by atoms with E-state index in [9.17, 15) is 5.11 Å². The molecule has 1 aliphatic heterocycles. The fourth-order valence-corrected chi connectivity index (χ4v) is 3.15. The Kier molecular flexibility index (Phi) is 3.11. The van der Waals surface area contributed by atoms with E-state index in [1.54, 1.807) is 0 Å². The molecule has 0 spiro atoms. The van der Waals surface area contributed by atoms with E-state index in [-0.39, 0.29) is 5.54 Å². The van der Waals surface area contributed by atoms with Crippen LogP contribution in [0.2, 0.25) is 0 Å². The van der Waals surface area contributed by atoms with E-state index in [4.69, 9.17) is 12.2 Å². The first-order valence-corrected chi connectivity index (χ1v) is 6.52. The third kappa shape index (κ3) is 2.10. The lowest BCUT2D eigenvalue weighted by atomic mass is 9.88. The lowest BCUT2D eigenvalue weighted by Crippen LogP contribution is -2.67. The van der Waals surface area contributed by atoms with Crippen molar-refractivity contribution in [2.75, 3.05) is 11.9 Å². The normalized spacial score (nSPS) is 27.5. The molecule has 0 aliphatic carbocycles. The molecule has 0 radical (unpaired) electrons. The van der Waals surface area contributed by atoms with Crippen molar-refractivity contribution in [1.29, 1.82) is 0 Å². The maximum atomic E-state index is 10.7. The van der Waals surface area contributed by atoms with Crippen molar-refractivity contribution in [3.8, 4) is 0 Å². The molecule has 4 heteroatoms. The standard InChI is InChI=1S/C14H20N2OS/c1-13(2)10-14(3,17)16(12(18)15(13)4)11-8-6-5-7-9-11/h5-9,17H,10H2,1-4H3/t14-/m1/s1. The number of hydrogen-bond donors (Lipinski definition) is 1. The van der Waals surface area contributed by atoms with E-state index in [0.717, 1.165) is 5.69 Å². The van der Waals surface area contributed by atoms with Gasteiger partial charge in [0.1, 0.15) is 5.72 Å². The third-order valence-corrected chi connectivity index (χ3v) is 4.11. The molecule has 0 bridgehead atoms. The van der Waals surface area contributed by atoms with Gasteiger partial charge in [0.15, 0.2) is 5.11 Å². The van der Waals surface area contributed by atoms with E-state index >= 15 is 0 Å². The summed E-state index contributed by atoms with van der Waals surface area (Å²) in [6.45, 7) is 6.01. The van der Waals surface area contributed by atoms with E-state index < -0.39 is 5.72 Å². The topological polar surface area (TPSA) is 26.7 Å². The van der Waals surface area contributed by atoms with E-state index in [2.05, 4.69) is 13.8 Å². The number of hydrogen-bond acceptors (Lipinski definition) is 2. The number of thiocarbonyl (C=S) groups is 1. The quantitative estimate of drug-likeness (QED) is 0.789. The fourth-order valence-electron chi connectivity index (χ4n) is 2.60. The zero-order valence-electron chi connectivity index (χ0n) is 11.3. The molecule has 0 amide bonds. The molecular weight excluding hydrogens is 244 g/mol. The molecule has 98 valence electrons. The third-order valence-electron chi connectivity index (χ3n) is 3.65. The molecule has 1 heterocycles. The molecule has 1 atom stereocenters. The molecule has 1 N–H and O–H groups in total. The van der Waals surface area contributed by atoms with Crippen LogP contribution in [0.5, 0.6) is 0 Å². The first kappa shape index (κ1) is 13.3. The minimum atomic E-state index is -0.964. The van der Waals surface area contributed by atoms with Crippen LogP contribution in [0.25, 0.3) is 0 Å². The van der Waals surface area contributed by atoms with Gasteiger partial charge in [-0.2, -0.15) is 0 Å². The molecule has 18 heavy (non-hydrogen) atoms. The molecular formula is C14H20N2OS. The van der Waals surface area contributed by atoms with Gasteiger partial charge in [-0.3, -0.25) is 4.90 Å². The Morgan fingerprint density at radius 1 is 1.17 bits per heavy atom. The zero-order chi connectivity index (χ0) is 13.6. The Hall–Kier alpha value is -1.13. The van der Waals surface area contributed by atoms with E-state index in [1.807, 2.05) is 54.1 Å². The summed E-state index contributed by atoms with van der Waals surface area (Å²) in [5, 5.41) is 11.4. The number of benzene rings is 1. The van der Waals surface area contributed by atoms with Crippen molar-refractivity contribution in [1.82, 2.24) is 4.90 Å². The molecule has 0 aromatic heterocycles. The van der Waals surface area contributed by atoms with Gasteiger partial charge in [-0.1, -0.05) is 18.2 Å². The number of anilines is 1. The summed E-state index contributed by atoms with van der Waals surface area (Å²) in [4.78, 5) is 3.88. The van der Waals surface area contributed by atoms with Crippen molar-refractivity contribution in [3.05, 3.63) is 30.3 Å². The Morgan fingerprint density at radius 3 is 2.28 bits per heavy atom. The van der Waals surface area contributed by atoms with Crippen molar-refractivity contribution in [2.24, 2.45) is 0 Å². The molecule has 3 nitrogen and oxygen atoms in total. The highest BCUT2D eigenvalue weighted by molar-refractivity contribution is 7.80. The van der Waals surface area contributed by atoms with Gasteiger partial charge in [0.05, 0.1) is 0 Å². The number of rotatable bonds is 1. The Balaban J connectivity index is 2.44. The van der Waals surface area contributed by atoms with Gasteiger partial charge in [-0.15, -0.1) is 0 Å². The van der Waals surface area contributed by atoms with Gasteiger partial charge in [-0.25, -0.2) is 0 Å². The number of nitrogens with zero attached hydrogens (tertiary/aromatic N) is 2. The second-order valence-electron chi connectivity index (χ2n) is 5.72. The Labute approximate surface area is 114 Å². The van der Waals surface area contributed by atoms with Crippen LogP contribution in [0.1, 0.15) is 27.2 Å². The zero-order valence-corrected chi connectivity index (χ0v) is 12.2. The summed E-state index contributed by atoms with van der Waals surface area (Å²) < 4.78 is 0. The highest BCUT2D eigenvalue weighted by Crippen LogP contribution is 2.37. The summed E-state index contributed by atoms with van der Waals surface area (Å²) in [7, 11) is 1.98. The monoisotopic (exact) mass is 264 g/mol. The maximum absolute atomic E-state index is 10.7. The summed E-state index contributed by atoms with van der Waals surface area (Å²) in [5.74, 6) is 0. The van der Waals surface area contributed by atoms with Crippen LogP contribution in [-0.2, 0) is 0 Å². The van der Waals surface area contributed by atoms with Crippen LogP contribution in [0.15, 0.2) is 30.3 Å². The van der Waals surface area contributed by atoms with Crippen molar-refractivity contribution in [2.45, 2.75) is 38.5 Å². The number of para-hydroxylation sites is 1. The molecule has 2 rings (SSSR count). The van der Waals surface area contributed by atoms with Gasteiger partial charge < -0.3 is 10.0 Å². The van der Waals surface area contributed by atoms with Crippen molar-refractivity contribution in [3.63, 3.8) is 0 Å². The van der Waals surface area contributed by atoms with Crippen molar-refractivity contribution >= 4 is 23.0 Å². The molecule has 1 aromatic rings. The van der Waals surface area contributed by atoms with E-state index in [1.165, 1.54) is 0 Å². The maximum Gasteiger partial charge on any atom is 0.178 e. The van der Waals surface area contributed by atoms with Crippen LogP contribution in [0, 0.1) is 0 Å². The lowest BCUT2D eigenvalue weighted by Gasteiger charge is -2.54. The minimum absolute atomic E-state index is 0.147. The van der Waals surface area contributed by atoms with Gasteiger partial charge in [-0.05, 0) is 45.1 Å². The van der Waals surface area contributed by atoms with Gasteiger partial charge >= 0.3 is 0 Å². The van der Waals surface area contributed by atoms with Crippen LogP contribution >= 0.6 is 12.2 Å². The highest BCUT2D eigenvalue weighted by atomic mass is 32.1. The predicted octanol–water partition coefficient (Wildman–Crippen LogP) is 2.60. The molecule has 0 unspecified atom stereocenters. The van der Waals surface area contributed by atoms with Gasteiger partial charge in [0.25, 0.3) is 0 Å². The van der Waals surface area contributed by atoms with E-state index in [0.29, 0.717) is 11.5 Å². The van der Waals surface area contributed by atoms with Gasteiger partial charge in [0.2, 0.25) is 0 Å². The molecule has 0 saturated carbocycles. The van der Waals surface area contributed by atoms with Gasteiger partial charge in [0, 0.05) is 24.7 Å². The van der Waals surface area contributed by atoms with Crippen molar-refractivity contribution < 1.29 is 5.11 Å². The molecule has 1 fully saturated rings. The van der Waals surface area contributed by atoms with Crippen LogP contribution in [0.4, 0.5) is 5.69 Å². The largest absolute Gasteiger partial charge is 0.371 e. The Bertz CT molecular complexity index is 456. The average Bonchev–Trinajstić information content (AvgIpc) is 2.26. The smallest absolute Gasteiger partial charge is 0.178 e. The highest BCUT2D eigenvalue weighted by Gasteiger charge is 2.46. The molecule has 1 aliphatic rings. The minimum Gasteiger partial charge on any atom is -0.371 e. The average molecular weight is 264 g/mol. The fraction of sp³-hybridized carbons (Fsp3) is 0.500. The molecule has 1 saturated heterocycles. The first-order chi connectivity index (χ1) is 8.26. The summed E-state index contributed by atoms with van der Waals surface area (Å²) in [6, 6.07) is 9.79. The first-order valence-electron chi connectivity index (χ1n) is 6.11. The summed E-state index contributed by atoms with van der Waals surface area (Å²) in [6.07, 6.45) is 0.630. The number of aliphatic hydroxyl groups is 1. The van der Waals surface area contributed by atoms with Crippen LogP contribution < -0.4 is 4.90 Å². The lowest BCUT2D eigenvalue weighted by molar-refractivity contribution is -0.00133. The second kappa shape index (κ2) is 4.21. The summed E-state index contributed by atoms with van der Waals surface area (Å²) in [5.41, 5.74) is -0.185. The predicted molar refractivity (Wildman–Crippen MR) is 78.6 cm³/mol.